The quantitative estimate of drug-likeness (QED) is 0.768. The minimum Gasteiger partial charge on any atom is -0.342 e. The Bertz CT molecular complexity index is 208. The van der Waals surface area contributed by atoms with Gasteiger partial charge in [-0.3, -0.25) is 4.79 Å². The van der Waals surface area contributed by atoms with Crippen molar-refractivity contribution in [2.45, 2.75) is 39.7 Å². The maximum Gasteiger partial charge on any atom is 0.225 e. The van der Waals surface area contributed by atoms with Crippen molar-refractivity contribution in [1.29, 1.82) is 0 Å². The Balaban J connectivity index is 2.42. The Morgan fingerprint density at radius 2 is 1.80 bits per heavy atom. The van der Waals surface area contributed by atoms with Gasteiger partial charge in [-0.1, -0.05) is 20.8 Å². The molecule has 1 N–H and O–H groups in total. The topological polar surface area (TPSA) is 32.3 Å². The summed E-state index contributed by atoms with van der Waals surface area (Å²) in [6, 6.07) is 0.600. The first kappa shape index (κ1) is 12.5. The zero-order chi connectivity index (χ0) is 11.4. The van der Waals surface area contributed by atoms with Gasteiger partial charge in [-0.05, 0) is 25.8 Å². The lowest BCUT2D eigenvalue weighted by molar-refractivity contribution is -0.137. The van der Waals surface area contributed by atoms with Gasteiger partial charge < -0.3 is 10.2 Å². The molecule has 1 heterocycles. The molecule has 0 aromatic rings. The van der Waals surface area contributed by atoms with Gasteiger partial charge in [0, 0.05) is 25.0 Å². The van der Waals surface area contributed by atoms with E-state index in [1.165, 1.54) is 0 Å². The van der Waals surface area contributed by atoms with Gasteiger partial charge >= 0.3 is 0 Å². The van der Waals surface area contributed by atoms with Crippen LogP contribution < -0.4 is 5.32 Å². The van der Waals surface area contributed by atoms with Crippen molar-refractivity contribution in [3.05, 3.63) is 0 Å². The molecule has 1 amide bonds. The molecule has 1 aliphatic rings. The van der Waals surface area contributed by atoms with Crippen LogP contribution >= 0.6 is 0 Å². The highest BCUT2D eigenvalue weighted by molar-refractivity contribution is 5.78. The van der Waals surface area contributed by atoms with E-state index in [0.717, 1.165) is 25.9 Å². The predicted molar refractivity (Wildman–Crippen MR) is 62.7 cm³/mol. The average molecular weight is 212 g/mol. The van der Waals surface area contributed by atoms with E-state index < -0.39 is 0 Å². The summed E-state index contributed by atoms with van der Waals surface area (Å²) < 4.78 is 0. The molecule has 1 rings (SSSR count). The molecule has 1 saturated heterocycles. The highest BCUT2D eigenvalue weighted by Crippen LogP contribution is 2.17. The summed E-state index contributed by atoms with van der Waals surface area (Å²) in [5.74, 6) is 0.940. The lowest BCUT2D eigenvalue weighted by Crippen LogP contribution is -2.46. The molecule has 0 spiro atoms. The zero-order valence-electron chi connectivity index (χ0n) is 10.4. The Kier molecular flexibility index (Phi) is 4.58. The number of hydrogen-bond donors (Lipinski definition) is 1. The van der Waals surface area contributed by atoms with Gasteiger partial charge in [-0.15, -0.1) is 0 Å². The number of carbonyl (C=O) groups excluding carboxylic acids is 1. The number of carbonyl (C=O) groups is 1. The van der Waals surface area contributed by atoms with Crippen LogP contribution in [0.3, 0.4) is 0 Å². The Labute approximate surface area is 93.2 Å². The second-order valence-corrected chi connectivity index (χ2v) is 4.92. The van der Waals surface area contributed by atoms with Crippen LogP contribution in [-0.2, 0) is 4.79 Å². The van der Waals surface area contributed by atoms with Crippen molar-refractivity contribution in [3.63, 3.8) is 0 Å². The molecule has 3 nitrogen and oxygen atoms in total. The maximum atomic E-state index is 12.0. The van der Waals surface area contributed by atoms with E-state index >= 15 is 0 Å². The van der Waals surface area contributed by atoms with Crippen molar-refractivity contribution < 1.29 is 4.79 Å². The Morgan fingerprint density at radius 3 is 2.20 bits per heavy atom. The van der Waals surface area contributed by atoms with Gasteiger partial charge in [0.1, 0.15) is 0 Å². The minimum atomic E-state index is 0.163. The zero-order valence-corrected chi connectivity index (χ0v) is 10.4. The first-order chi connectivity index (χ1) is 7.06. The molecule has 1 aliphatic heterocycles. The number of piperidine rings is 1. The van der Waals surface area contributed by atoms with Gasteiger partial charge in [0.2, 0.25) is 5.91 Å². The van der Waals surface area contributed by atoms with E-state index in [1.807, 2.05) is 18.9 Å². The fourth-order valence-corrected chi connectivity index (χ4v) is 1.96. The van der Waals surface area contributed by atoms with Crippen molar-refractivity contribution in [1.82, 2.24) is 10.2 Å². The fraction of sp³-hybridized carbons (Fsp3) is 0.917. The predicted octanol–water partition coefficient (Wildman–Crippen LogP) is 1.49. The van der Waals surface area contributed by atoms with E-state index in [-0.39, 0.29) is 5.92 Å². The number of hydrogen-bond acceptors (Lipinski definition) is 2. The van der Waals surface area contributed by atoms with Crippen LogP contribution in [0.15, 0.2) is 0 Å². The van der Waals surface area contributed by atoms with Gasteiger partial charge in [-0.2, -0.15) is 0 Å². The molecule has 1 fully saturated rings. The van der Waals surface area contributed by atoms with Crippen LogP contribution in [0, 0.1) is 11.8 Å². The normalized spacial score (nSPS) is 20.7. The summed E-state index contributed by atoms with van der Waals surface area (Å²) in [5, 5.41) is 3.28. The maximum absolute atomic E-state index is 12.0. The van der Waals surface area contributed by atoms with Crippen molar-refractivity contribution in [2.75, 3.05) is 20.1 Å². The lowest BCUT2D eigenvalue weighted by atomic mass is 9.95. The van der Waals surface area contributed by atoms with E-state index in [2.05, 4.69) is 19.2 Å². The highest BCUT2D eigenvalue weighted by atomic mass is 16.2. The number of rotatable bonds is 3. The monoisotopic (exact) mass is 212 g/mol. The molecule has 0 radical (unpaired) electrons. The van der Waals surface area contributed by atoms with E-state index in [0.29, 0.717) is 17.9 Å². The summed E-state index contributed by atoms with van der Waals surface area (Å²) in [4.78, 5) is 14.1. The largest absolute Gasteiger partial charge is 0.342 e. The summed E-state index contributed by atoms with van der Waals surface area (Å²) in [6.07, 6.45) is 2.18. The Morgan fingerprint density at radius 1 is 1.27 bits per heavy atom. The van der Waals surface area contributed by atoms with Crippen LogP contribution in [0.2, 0.25) is 0 Å². The SMILES string of the molecule is CNC1CCN(C(=O)C(C)C(C)C)CC1. The van der Waals surface area contributed by atoms with E-state index in [9.17, 15) is 4.79 Å². The molecule has 0 saturated carbocycles. The van der Waals surface area contributed by atoms with Crippen molar-refractivity contribution >= 4 is 5.91 Å². The van der Waals surface area contributed by atoms with E-state index in [1.54, 1.807) is 0 Å². The molecular weight excluding hydrogens is 188 g/mol. The lowest BCUT2D eigenvalue weighted by Gasteiger charge is -2.34. The van der Waals surface area contributed by atoms with Gasteiger partial charge in [-0.25, -0.2) is 0 Å². The third kappa shape index (κ3) is 3.20. The van der Waals surface area contributed by atoms with Crippen LogP contribution in [0.1, 0.15) is 33.6 Å². The second-order valence-electron chi connectivity index (χ2n) is 4.92. The van der Waals surface area contributed by atoms with Gasteiger partial charge in [0.15, 0.2) is 0 Å². The molecular formula is C12H24N2O. The number of amides is 1. The molecule has 1 unspecified atom stereocenters. The Hall–Kier alpha value is -0.570. The molecule has 88 valence electrons. The molecule has 0 aromatic carbocycles. The van der Waals surface area contributed by atoms with Crippen molar-refractivity contribution in [3.8, 4) is 0 Å². The number of nitrogens with one attached hydrogen (secondary N) is 1. The van der Waals surface area contributed by atoms with Crippen LogP contribution in [-0.4, -0.2) is 37.0 Å². The number of likely N-dealkylation sites (tertiary alicyclic amines) is 1. The van der Waals surface area contributed by atoms with Gasteiger partial charge in [0.25, 0.3) is 0 Å². The third-order valence-electron chi connectivity index (χ3n) is 3.60. The second kappa shape index (κ2) is 5.50. The fourth-order valence-electron chi connectivity index (χ4n) is 1.96. The first-order valence-electron chi connectivity index (χ1n) is 6.02. The molecule has 0 aliphatic carbocycles. The minimum absolute atomic E-state index is 0.163. The summed E-state index contributed by atoms with van der Waals surface area (Å²) in [7, 11) is 2.00. The first-order valence-corrected chi connectivity index (χ1v) is 6.02. The molecule has 0 aromatic heterocycles. The average Bonchev–Trinajstić information content (AvgIpc) is 2.27. The van der Waals surface area contributed by atoms with Crippen LogP contribution in [0.5, 0.6) is 0 Å². The van der Waals surface area contributed by atoms with Crippen molar-refractivity contribution in [2.24, 2.45) is 11.8 Å². The smallest absolute Gasteiger partial charge is 0.225 e. The summed E-state index contributed by atoms with van der Waals surface area (Å²) >= 11 is 0. The standard InChI is InChI=1S/C12H24N2O/c1-9(2)10(3)12(15)14-7-5-11(13-4)6-8-14/h9-11,13H,5-8H2,1-4H3. The molecule has 3 heteroatoms. The molecule has 1 atom stereocenters. The van der Waals surface area contributed by atoms with E-state index in [4.69, 9.17) is 0 Å². The highest BCUT2D eigenvalue weighted by Gasteiger charge is 2.26. The third-order valence-corrected chi connectivity index (χ3v) is 3.60. The number of nitrogens with zero attached hydrogens (tertiary/aromatic N) is 1. The summed E-state index contributed by atoms with van der Waals surface area (Å²) in [5.41, 5.74) is 0. The molecule has 0 bridgehead atoms. The van der Waals surface area contributed by atoms with Crippen LogP contribution in [0.25, 0.3) is 0 Å². The van der Waals surface area contributed by atoms with Gasteiger partial charge in [0.05, 0.1) is 0 Å². The van der Waals surface area contributed by atoms with Crippen LogP contribution in [0.4, 0.5) is 0 Å². The molecule has 15 heavy (non-hydrogen) atoms. The summed E-state index contributed by atoms with van der Waals surface area (Å²) in [6.45, 7) is 8.10.